The van der Waals surface area contributed by atoms with Crippen LogP contribution in [0.2, 0.25) is 5.02 Å². The molecule has 0 unspecified atom stereocenters. The number of nitrogens with zero attached hydrogens (tertiary/aromatic N) is 2. The summed E-state index contributed by atoms with van der Waals surface area (Å²) in [6.45, 7) is 3.63. The van der Waals surface area contributed by atoms with E-state index < -0.39 is 22.9 Å². The van der Waals surface area contributed by atoms with Gasteiger partial charge in [0, 0.05) is 0 Å². The second kappa shape index (κ2) is 8.61. The van der Waals surface area contributed by atoms with Gasteiger partial charge in [0.15, 0.2) is 8.68 Å². The maximum absolute atomic E-state index is 12.8. The number of thioether (sulfide) groups is 2. The van der Waals surface area contributed by atoms with E-state index in [4.69, 9.17) is 11.6 Å². The van der Waals surface area contributed by atoms with Gasteiger partial charge in [-0.05, 0) is 30.9 Å². The molecule has 25 heavy (non-hydrogen) atoms. The molecule has 1 atom stereocenters. The molecule has 2 rings (SSSR count). The van der Waals surface area contributed by atoms with E-state index in [9.17, 15) is 18.0 Å². The zero-order valence-electron chi connectivity index (χ0n) is 13.1. The van der Waals surface area contributed by atoms with Crippen LogP contribution in [0.4, 0.5) is 18.9 Å². The number of aromatic nitrogens is 2. The zero-order valence-corrected chi connectivity index (χ0v) is 16.3. The van der Waals surface area contributed by atoms with Crippen molar-refractivity contribution in [3.63, 3.8) is 0 Å². The van der Waals surface area contributed by atoms with E-state index in [-0.39, 0.29) is 10.7 Å². The topological polar surface area (TPSA) is 54.9 Å². The Morgan fingerprint density at radius 1 is 1.36 bits per heavy atom. The van der Waals surface area contributed by atoms with Gasteiger partial charge >= 0.3 is 6.18 Å². The number of rotatable bonds is 6. The largest absolute Gasteiger partial charge is 0.416 e. The molecule has 0 fully saturated rings. The van der Waals surface area contributed by atoms with Gasteiger partial charge in [-0.2, -0.15) is 13.2 Å². The van der Waals surface area contributed by atoms with Crippen molar-refractivity contribution in [1.82, 2.24) is 10.2 Å². The minimum atomic E-state index is -4.51. The van der Waals surface area contributed by atoms with Gasteiger partial charge in [-0.15, -0.1) is 10.2 Å². The molecule has 136 valence electrons. The number of hydrogen-bond donors (Lipinski definition) is 1. The number of anilines is 1. The highest BCUT2D eigenvalue weighted by Crippen LogP contribution is 2.35. The second-order valence-corrected chi connectivity index (χ2v) is 9.19. The highest BCUT2D eigenvalue weighted by Gasteiger charge is 2.31. The van der Waals surface area contributed by atoms with Crippen LogP contribution in [0.25, 0.3) is 0 Å². The van der Waals surface area contributed by atoms with Crippen molar-refractivity contribution < 1.29 is 18.0 Å². The quantitative estimate of drug-likeness (QED) is 0.622. The Morgan fingerprint density at radius 3 is 2.68 bits per heavy atom. The molecule has 11 heteroatoms. The van der Waals surface area contributed by atoms with Gasteiger partial charge < -0.3 is 5.32 Å². The van der Waals surface area contributed by atoms with Crippen LogP contribution in [0.5, 0.6) is 0 Å². The van der Waals surface area contributed by atoms with E-state index in [1.54, 1.807) is 18.7 Å². The van der Waals surface area contributed by atoms with Crippen LogP contribution in [0.15, 0.2) is 26.9 Å². The first-order chi connectivity index (χ1) is 11.7. The number of carbonyl (C=O) groups is 1. The SMILES string of the molecule is CCSc1nnc(S[C@H](C)C(=O)Nc2cc(C(F)(F)F)ccc2Cl)s1. The predicted molar refractivity (Wildman–Crippen MR) is 96.7 cm³/mol. The number of alkyl halides is 3. The summed E-state index contributed by atoms with van der Waals surface area (Å²) in [4.78, 5) is 12.2. The number of hydrogen-bond acceptors (Lipinski definition) is 6. The lowest BCUT2D eigenvalue weighted by Gasteiger charge is -2.14. The third kappa shape index (κ3) is 5.77. The van der Waals surface area contributed by atoms with Gasteiger partial charge in [0.25, 0.3) is 0 Å². The zero-order chi connectivity index (χ0) is 18.6. The monoisotopic (exact) mass is 427 g/mol. The molecule has 2 aromatic rings. The van der Waals surface area contributed by atoms with Crippen molar-refractivity contribution in [2.24, 2.45) is 0 Å². The van der Waals surface area contributed by atoms with Crippen molar-refractivity contribution in [2.45, 2.75) is 34.0 Å². The fourth-order valence-corrected chi connectivity index (χ4v) is 4.89. The molecule has 0 aliphatic heterocycles. The summed E-state index contributed by atoms with van der Waals surface area (Å²) in [6.07, 6.45) is -4.51. The molecule has 0 radical (unpaired) electrons. The van der Waals surface area contributed by atoms with Crippen LogP contribution in [-0.2, 0) is 11.0 Å². The molecule has 0 saturated heterocycles. The van der Waals surface area contributed by atoms with Gasteiger partial charge in [-0.25, -0.2) is 0 Å². The Morgan fingerprint density at radius 2 is 2.04 bits per heavy atom. The van der Waals surface area contributed by atoms with Crippen molar-refractivity contribution in [1.29, 1.82) is 0 Å². The van der Waals surface area contributed by atoms with Crippen molar-refractivity contribution in [2.75, 3.05) is 11.1 Å². The summed E-state index contributed by atoms with van der Waals surface area (Å²) in [7, 11) is 0. The summed E-state index contributed by atoms with van der Waals surface area (Å²) >= 11 is 9.98. The third-order valence-corrected chi connectivity index (χ3v) is 6.31. The molecule has 1 aromatic carbocycles. The summed E-state index contributed by atoms with van der Waals surface area (Å²) in [5.74, 6) is 0.398. The fourth-order valence-electron chi connectivity index (χ4n) is 1.66. The molecule has 4 nitrogen and oxygen atoms in total. The average molecular weight is 428 g/mol. The molecule has 0 aliphatic carbocycles. The van der Waals surface area contributed by atoms with Gasteiger partial charge in [0.1, 0.15) is 0 Å². The standard InChI is InChI=1S/C14H13ClF3N3OS3/c1-3-23-12-20-21-13(25-12)24-7(2)11(22)19-10-6-8(14(16,17)18)4-5-9(10)15/h4-7H,3H2,1-2H3,(H,19,22)/t7-/m1/s1. The lowest BCUT2D eigenvalue weighted by atomic mass is 10.2. The fraction of sp³-hybridized carbons (Fsp3) is 0.357. The van der Waals surface area contributed by atoms with Crippen LogP contribution in [0, 0.1) is 0 Å². The van der Waals surface area contributed by atoms with Crippen LogP contribution in [-0.4, -0.2) is 27.1 Å². The van der Waals surface area contributed by atoms with Crippen molar-refractivity contribution in [3.8, 4) is 0 Å². The molecule has 0 aliphatic rings. The third-order valence-electron chi connectivity index (χ3n) is 2.85. The van der Waals surface area contributed by atoms with E-state index in [1.807, 2.05) is 6.92 Å². The Bertz CT molecular complexity index is 754. The molecule has 0 spiro atoms. The van der Waals surface area contributed by atoms with Gasteiger partial charge in [-0.3, -0.25) is 4.79 Å². The van der Waals surface area contributed by atoms with E-state index in [1.165, 1.54) is 23.1 Å². The Labute approximate surface area is 159 Å². The molecular weight excluding hydrogens is 415 g/mol. The highest BCUT2D eigenvalue weighted by molar-refractivity contribution is 8.03. The van der Waals surface area contributed by atoms with Crippen LogP contribution >= 0.6 is 46.5 Å². The van der Waals surface area contributed by atoms with Gasteiger partial charge in [0.05, 0.1) is 21.5 Å². The molecule has 0 saturated carbocycles. The Hall–Kier alpha value is -0.970. The number of halogens is 4. The molecule has 1 amide bonds. The lowest BCUT2D eigenvalue weighted by molar-refractivity contribution is -0.137. The maximum atomic E-state index is 12.8. The molecule has 0 bridgehead atoms. The van der Waals surface area contributed by atoms with E-state index in [2.05, 4.69) is 15.5 Å². The second-order valence-electron chi connectivity index (χ2n) is 4.71. The van der Waals surface area contributed by atoms with Crippen molar-refractivity contribution in [3.05, 3.63) is 28.8 Å². The average Bonchev–Trinajstić information content (AvgIpc) is 2.95. The van der Waals surface area contributed by atoms with Crippen LogP contribution in [0.1, 0.15) is 19.4 Å². The lowest BCUT2D eigenvalue weighted by Crippen LogP contribution is -2.22. The molecule has 1 aromatic heterocycles. The number of nitrogens with one attached hydrogen (secondary N) is 1. The van der Waals surface area contributed by atoms with Gasteiger partial charge in [0.2, 0.25) is 5.91 Å². The van der Waals surface area contributed by atoms with E-state index >= 15 is 0 Å². The Kier molecular flexibility index (Phi) is 7.01. The minimum absolute atomic E-state index is 0.0381. The first-order valence-electron chi connectivity index (χ1n) is 7.01. The molecule has 1 N–H and O–H groups in total. The molecule has 1 heterocycles. The number of benzene rings is 1. The summed E-state index contributed by atoms with van der Waals surface area (Å²) in [5.41, 5.74) is -0.953. The van der Waals surface area contributed by atoms with Gasteiger partial charge in [-0.1, -0.05) is 53.4 Å². The highest BCUT2D eigenvalue weighted by atomic mass is 35.5. The van der Waals surface area contributed by atoms with Crippen LogP contribution < -0.4 is 5.32 Å². The number of carbonyl (C=O) groups excluding carboxylic acids is 1. The number of amides is 1. The molecular formula is C14H13ClF3N3OS3. The normalized spacial score (nSPS) is 12.9. The Balaban J connectivity index is 2.05. The summed E-state index contributed by atoms with van der Waals surface area (Å²) < 4.78 is 39.7. The van der Waals surface area contributed by atoms with E-state index in [0.717, 1.165) is 28.3 Å². The van der Waals surface area contributed by atoms with Crippen molar-refractivity contribution >= 4 is 58.1 Å². The maximum Gasteiger partial charge on any atom is 0.416 e. The predicted octanol–water partition coefficient (Wildman–Crippen LogP) is 5.44. The summed E-state index contributed by atoms with van der Waals surface area (Å²) in [6, 6.07) is 2.79. The smallest absolute Gasteiger partial charge is 0.324 e. The summed E-state index contributed by atoms with van der Waals surface area (Å²) in [5, 5.41) is 9.87. The van der Waals surface area contributed by atoms with E-state index in [0.29, 0.717) is 4.34 Å². The van der Waals surface area contributed by atoms with Crippen LogP contribution in [0.3, 0.4) is 0 Å². The minimum Gasteiger partial charge on any atom is -0.324 e. The first-order valence-corrected chi connectivity index (χ1v) is 10.1. The first kappa shape index (κ1) is 20.3.